The van der Waals surface area contributed by atoms with Crippen LogP contribution in [0.25, 0.3) is 0 Å². The van der Waals surface area contributed by atoms with Crippen LogP contribution >= 0.6 is 0 Å². The summed E-state index contributed by atoms with van der Waals surface area (Å²) in [5.41, 5.74) is 3.51. The molecule has 1 amide bonds. The second-order valence-corrected chi connectivity index (χ2v) is 8.74. The minimum absolute atomic E-state index is 0.121. The number of aryl methyl sites for hydroxylation is 1. The maximum atomic E-state index is 12.7. The Labute approximate surface area is 214 Å². The summed E-state index contributed by atoms with van der Waals surface area (Å²) in [5.74, 6) is -0.165. The third-order valence-corrected chi connectivity index (χ3v) is 5.83. The molecule has 6 nitrogen and oxygen atoms in total. The molecule has 0 aromatic heterocycles. The van der Waals surface area contributed by atoms with E-state index in [1.807, 2.05) is 54.6 Å². The molecule has 2 aromatic carbocycles. The number of benzene rings is 2. The SMILES string of the molecule is CCCCCC.CCc1ccc(NC(=O)C2=CC=C(C)C(OCc3ccccc3)=C([N+](=O)[O-])C2)cc1. The van der Waals surface area contributed by atoms with Crippen molar-refractivity contribution in [2.45, 2.75) is 72.8 Å². The zero-order chi connectivity index (χ0) is 26.3. The third-order valence-electron chi connectivity index (χ3n) is 5.83. The standard InChI is InChI=1S/C24H24N2O4.C6H14/c1-3-18-10-13-21(14-11-18)25-24(27)20-12-9-17(2)23(22(15-20)26(28)29)30-16-19-7-5-4-6-8-19;1-3-5-6-4-2/h4-14H,3,15-16H2,1-2H3,(H,25,27);3-6H2,1-2H3. The minimum atomic E-state index is -0.472. The fraction of sp³-hybridized carbons (Fsp3) is 0.367. The van der Waals surface area contributed by atoms with E-state index in [0.717, 1.165) is 12.0 Å². The van der Waals surface area contributed by atoms with Gasteiger partial charge in [0, 0.05) is 11.3 Å². The van der Waals surface area contributed by atoms with Gasteiger partial charge in [-0.05, 0) is 42.2 Å². The number of rotatable bonds is 10. The number of carbonyl (C=O) groups is 1. The molecule has 0 heterocycles. The fourth-order valence-corrected chi connectivity index (χ4v) is 3.61. The average Bonchev–Trinajstić information content (AvgIpc) is 3.06. The molecule has 0 fully saturated rings. The van der Waals surface area contributed by atoms with Gasteiger partial charge >= 0.3 is 0 Å². The highest BCUT2D eigenvalue weighted by molar-refractivity contribution is 6.04. The maximum Gasteiger partial charge on any atom is 0.292 e. The molecule has 0 bridgehead atoms. The van der Waals surface area contributed by atoms with E-state index < -0.39 is 4.92 Å². The first kappa shape index (κ1) is 28.6. The zero-order valence-electron chi connectivity index (χ0n) is 21.9. The number of ether oxygens (including phenoxy) is 1. The Bertz CT molecular complexity index is 1080. The van der Waals surface area contributed by atoms with E-state index in [2.05, 4.69) is 26.1 Å². The molecule has 36 heavy (non-hydrogen) atoms. The smallest absolute Gasteiger partial charge is 0.292 e. The first-order valence-electron chi connectivity index (χ1n) is 12.7. The summed E-state index contributed by atoms with van der Waals surface area (Å²) < 4.78 is 5.81. The largest absolute Gasteiger partial charge is 0.482 e. The summed E-state index contributed by atoms with van der Waals surface area (Å²) in [5, 5.41) is 14.6. The van der Waals surface area contributed by atoms with Gasteiger partial charge < -0.3 is 10.1 Å². The molecule has 3 rings (SSSR count). The third kappa shape index (κ3) is 9.17. The minimum Gasteiger partial charge on any atom is -0.482 e. The summed E-state index contributed by atoms with van der Waals surface area (Å²) in [6, 6.07) is 17.0. The van der Waals surface area contributed by atoms with Gasteiger partial charge in [0.25, 0.3) is 11.6 Å². The van der Waals surface area contributed by atoms with Gasteiger partial charge in [-0.1, -0.05) is 101 Å². The van der Waals surface area contributed by atoms with Crippen molar-refractivity contribution in [2.24, 2.45) is 0 Å². The molecule has 0 spiro atoms. The van der Waals surface area contributed by atoms with E-state index in [1.54, 1.807) is 19.1 Å². The van der Waals surface area contributed by atoms with Gasteiger partial charge in [0.2, 0.25) is 0 Å². The Kier molecular flexibility index (Phi) is 12.2. The van der Waals surface area contributed by atoms with Crippen molar-refractivity contribution < 1.29 is 14.5 Å². The van der Waals surface area contributed by atoms with Crippen LogP contribution in [0.3, 0.4) is 0 Å². The first-order chi connectivity index (χ1) is 17.4. The number of allylic oxidation sites excluding steroid dienone is 4. The van der Waals surface area contributed by atoms with Crippen LogP contribution in [0, 0.1) is 10.1 Å². The number of unbranched alkanes of at least 4 members (excludes halogenated alkanes) is 3. The van der Waals surface area contributed by atoms with Crippen LogP contribution in [-0.2, 0) is 22.6 Å². The van der Waals surface area contributed by atoms with Gasteiger partial charge in [0.05, 0.1) is 11.3 Å². The van der Waals surface area contributed by atoms with Crippen LogP contribution in [-0.4, -0.2) is 10.8 Å². The van der Waals surface area contributed by atoms with E-state index >= 15 is 0 Å². The predicted molar refractivity (Wildman–Crippen MR) is 146 cm³/mol. The number of anilines is 1. The number of carbonyl (C=O) groups excluding carboxylic acids is 1. The monoisotopic (exact) mass is 490 g/mol. The van der Waals surface area contributed by atoms with Crippen molar-refractivity contribution in [3.63, 3.8) is 0 Å². The van der Waals surface area contributed by atoms with Gasteiger partial charge in [0.1, 0.15) is 6.61 Å². The van der Waals surface area contributed by atoms with Gasteiger partial charge in [-0.3, -0.25) is 14.9 Å². The lowest BCUT2D eigenvalue weighted by Gasteiger charge is -2.12. The Hall–Kier alpha value is -3.67. The number of nitrogens with zero attached hydrogens (tertiary/aromatic N) is 1. The van der Waals surface area contributed by atoms with Crippen LogP contribution in [0.15, 0.2) is 89.4 Å². The Morgan fingerprint density at radius 2 is 1.58 bits per heavy atom. The van der Waals surface area contributed by atoms with E-state index in [4.69, 9.17) is 4.74 Å². The lowest BCUT2D eigenvalue weighted by molar-refractivity contribution is -0.430. The van der Waals surface area contributed by atoms with Crippen molar-refractivity contribution in [3.8, 4) is 0 Å². The maximum absolute atomic E-state index is 12.7. The normalized spacial score (nSPS) is 13.0. The Morgan fingerprint density at radius 3 is 2.14 bits per heavy atom. The molecule has 192 valence electrons. The van der Waals surface area contributed by atoms with Crippen molar-refractivity contribution in [3.05, 3.63) is 111 Å². The summed E-state index contributed by atoms with van der Waals surface area (Å²) >= 11 is 0. The topological polar surface area (TPSA) is 81.5 Å². The summed E-state index contributed by atoms with van der Waals surface area (Å²) in [6.45, 7) is 8.47. The quantitative estimate of drug-likeness (QED) is 0.210. The Morgan fingerprint density at radius 1 is 0.944 bits per heavy atom. The molecule has 0 radical (unpaired) electrons. The number of nitro groups is 1. The van der Waals surface area contributed by atoms with Crippen molar-refractivity contribution in [1.29, 1.82) is 0 Å². The molecular formula is C30H38N2O4. The van der Waals surface area contributed by atoms with Crippen LogP contribution in [0.1, 0.15) is 70.9 Å². The molecule has 0 unspecified atom stereocenters. The lowest BCUT2D eigenvalue weighted by atomic mass is 10.1. The second kappa shape index (κ2) is 15.4. The molecule has 1 aliphatic rings. The van der Waals surface area contributed by atoms with Crippen molar-refractivity contribution in [1.82, 2.24) is 0 Å². The van der Waals surface area contributed by atoms with E-state index in [9.17, 15) is 14.9 Å². The fourth-order valence-electron chi connectivity index (χ4n) is 3.61. The molecular weight excluding hydrogens is 452 g/mol. The lowest BCUT2D eigenvalue weighted by Crippen LogP contribution is -2.17. The summed E-state index contributed by atoms with van der Waals surface area (Å²) in [4.78, 5) is 24.0. The van der Waals surface area contributed by atoms with E-state index in [0.29, 0.717) is 16.8 Å². The highest BCUT2D eigenvalue weighted by Crippen LogP contribution is 2.28. The Balaban J connectivity index is 0.000000678. The number of hydrogen-bond acceptors (Lipinski definition) is 4. The predicted octanol–water partition coefficient (Wildman–Crippen LogP) is 7.76. The van der Waals surface area contributed by atoms with E-state index in [1.165, 1.54) is 31.2 Å². The first-order valence-corrected chi connectivity index (χ1v) is 12.7. The van der Waals surface area contributed by atoms with Gasteiger partial charge in [-0.15, -0.1) is 0 Å². The second-order valence-electron chi connectivity index (χ2n) is 8.74. The highest BCUT2D eigenvalue weighted by atomic mass is 16.6. The van der Waals surface area contributed by atoms with Crippen LogP contribution < -0.4 is 5.32 Å². The molecule has 0 saturated heterocycles. The van der Waals surface area contributed by atoms with Crippen molar-refractivity contribution >= 4 is 11.6 Å². The molecule has 0 aliphatic heterocycles. The molecule has 2 aromatic rings. The molecule has 0 saturated carbocycles. The van der Waals surface area contributed by atoms with Crippen LogP contribution in [0.4, 0.5) is 5.69 Å². The molecule has 6 heteroatoms. The molecule has 1 aliphatic carbocycles. The molecule has 1 N–H and O–H groups in total. The van der Waals surface area contributed by atoms with E-state index in [-0.39, 0.29) is 30.4 Å². The molecule has 0 atom stereocenters. The van der Waals surface area contributed by atoms with Gasteiger partial charge in [-0.25, -0.2) is 0 Å². The number of amides is 1. The van der Waals surface area contributed by atoms with Gasteiger partial charge in [-0.2, -0.15) is 0 Å². The summed E-state index contributed by atoms with van der Waals surface area (Å²) in [7, 11) is 0. The number of nitrogens with one attached hydrogen (secondary N) is 1. The number of hydrogen-bond donors (Lipinski definition) is 1. The van der Waals surface area contributed by atoms with Gasteiger partial charge in [0.15, 0.2) is 5.76 Å². The summed E-state index contributed by atoms with van der Waals surface area (Å²) in [6.07, 6.45) is 9.63. The highest BCUT2D eigenvalue weighted by Gasteiger charge is 2.27. The average molecular weight is 491 g/mol. The van der Waals surface area contributed by atoms with Crippen LogP contribution in [0.5, 0.6) is 0 Å². The zero-order valence-corrected chi connectivity index (χ0v) is 21.9. The van der Waals surface area contributed by atoms with Crippen molar-refractivity contribution in [2.75, 3.05) is 5.32 Å². The van der Waals surface area contributed by atoms with Crippen LogP contribution in [0.2, 0.25) is 0 Å².